The van der Waals surface area contributed by atoms with Crippen molar-refractivity contribution in [1.82, 2.24) is 35.5 Å². The molecule has 3 atom stereocenters. The van der Waals surface area contributed by atoms with E-state index in [0.717, 1.165) is 61.2 Å². The molecule has 2 amide bonds. The first kappa shape index (κ1) is 46.7. The van der Waals surface area contributed by atoms with Crippen molar-refractivity contribution in [2.75, 3.05) is 42.7 Å². The maximum absolute atomic E-state index is 12.8. The molecule has 0 radical (unpaired) electrons. The highest BCUT2D eigenvalue weighted by Crippen LogP contribution is 2.31. The topological polar surface area (TPSA) is 140 Å². The third-order valence-electron chi connectivity index (χ3n) is 11.2. The lowest BCUT2D eigenvalue weighted by Crippen LogP contribution is -2.31. The SMILES string of the molecule is C[C@@H](NC(=O)c1ccc(-c2ccnc(Nc3cccc(Br)c3)n2)s1)c1ccccc1.C[C@@H](NC(=O)c1ccc(-c2ccnc(Nc3cccc(N4CCC(N(C)C)C4)c3)n2)s1)c1ccccc1. The first-order valence-electron chi connectivity index (χ1n) is 21.9. The summed E-state index contributed by atoms with van der Waals surface area (Å²) in [6.45, 7) is 6.05. The van der Waals surface area contributed by atoms with E-state index in [2.05, 4.69) is 94.2 Å². The number of hydrogen-bond acceptors (Lipinski definition) is 12. The van der Waals surface area contributed by atoms with Crippen LogP contribution in [0.15, 0.2) is 162 Å². The summed E-state index contributed by atoms with van der Waals surface area (Å²) in [5, 5.41) is 12.7. The van der Waals surface area contributed by atoms with Gasteiger partial charge in [-0.2, -0.15) is 0 Å². The van der Waals surface area contributed by atoms with E-state index in [1.807, 2.05) is 141 Å². The second-order valence-electron chi connectivity index (χ2n) is 16.2. The number of likely N-dealkylation sites (N-methyl/N-ethyl adjacent to an activating group) is 1. The summed E-state index contributed by atoms with van der Waals surface area (Å²) in [5.41, 5.74) is 6.73. The van der Waals surface area contributed by atoms with Gasteiger partial charge < -0.3 is 31.1 Å². The molecule has 0 bridgehead atoms. The van der Waals surface area contributed by atoms with Crippen LogP contribution in [0.25, 0.3) is 21.1 Å². The molecule has 67 heavy (non-hydrogen) atoms. The minimum Gasteiger partial charge on any atom is -0.370 e. The zero-order valence-corrected chi connectivity index (χ0v) is 40.8. The monoisotopic (exact) mass is 990 g/mol. The van der Waals surface area contributed by atoms with E-state index < -0.39 is 0 Å². The predicted octanol–water partition coefficient (Wildman–Crippen LogP) is 11.8. The molecule has 15 heteroatoms. The van der Waals surface area contributed by atoms with Gasteiger partial charge in [0.05, 0.1) is 43.0 Å². The van der Waals surface area contributed by atoms with Gasteiger partial charge in [0.15, 0.2) is 0 Å². The summed E-state index contributed by atoms with van der Waals surface area (Å²) in [6, 6.07) is 47.7. The fourth-order valence-electron chi connectivity index (χ4n) is 7.50. The van der Waals surface area contributed by atoms with Crippen molar-refractivity contribution < 1.29 is 9.59 Å². The number of nitrogens with zero attached hydrogens (tertiary/aromatic N) is 6. The number of anilines is 5. The molecule has 0 spiro atoms. The number of benzene rings is 4. The Bertz CT molecular complexity index is 2910. The summed E-state index contributed by atoms with van der Waals surface area (Å²) in [5.74, 6) is 0.849. The van der Waals surface area contributed by atoms with Gasteiger partial charge in [0.25, 0.3) is 11.8 Å². The Morgan fingerprint density at radius 1 is 0.642 bits per heavy atom. The van der Waals surface area contributed by atoms with Gasteiger partial charge in [0.1, 0.15) is 0 Å². The minimum absolute atomic E-state index is 0.0655. The molecule has 1 fully saturated rings. The average molecular weight is 992 g/mol. The van der Waals surface area contributed by atoms with Crippen molar-refractivity contribution in [3.05, 3.63) is 183 Å². The third-order valence-corrected chi connectivity index (χ3v) is 13.9. The second-order valence-corrected chi connectivity index (χ2v) is 19.3. The third kappa shape index (κ3) is 12.6. The highest BCUT2D eigenvalue weighted by molar-refractivity contribution is 9.10. The normalized spacial score (nSPS) is 14.1. The minimum atomic E-state index is -0.0934. The largest absolute Gasteiger partial charge is 0.370 e. The van der Waals surface area contributed by atoms with Crippen molar-refractivity contribution in [2.45, 2.75) is 38.4 Å². The van der Waals surface area contributed by atoms with Gasteiger partial charge in [0, 0.05) is 53.1 Å². The van der Waals surface area contributed by atoms with Crippen LogP contribution in [0.4, 0.5) is 29.0 Å². The molecule has 1 unspecified atom stereocenters. The van der Waals surface area contributed by atoms with Gasteiger partial charge >= 0.3 is 0 Å². The second kappa shape index (κ2) is 22.1. The average Bonchev–Trinajstić information content (AvgIpc) is 4.16. The molecule has 5 heterocycles. The van der Waals surface area contributed by atoms with Crippen LogP contribution in [0.3, 0.4) is 0 Å². The van der Waals surface area contributed by atoms with E-state index in [1.54, 1.807) is 12.4 Å². The Morgan fingerprint density at radius 2 is 1.15 bits per heavy atom. The zero-order chi connectivity index (χ0) is 46.7. The van der Waals surface area contributed by atoms with Gasteiger partial charge in [-0.05, 0) is 118 Å². The number of hydrogen-bond donors (Lipinski definition) is 4. The smallest absolute Gasteiger partial charge is 0.261 e. The van der Waals surface area contributed by atoms with Crippen LogP contribution in [-0.4, -0.2) is 69.9 Å². The number of thiophene rings is 2. The lowest BCUT2D eigenvalue weighted by Gasteiger charge is -2.22. The van der Waals surface area contributed by atoms with Gasteiger partial charge in [0.2, 0.25) is 11.9 Å². The molecule has 340 valence electrons. The van der Waals surface area contributed by atoms with Crippen LogP contribution in [0.1, 0.15) is 62.8 Å². The van der Waals surface area contributed by atoms with Gasteiger partial charge in [-0.1, -0.05) is 88.7 Å². The molecule has 4 aromatic heterocycles. The molecule has 4 N–H and O–H groups in total. The number of nitrogens with one attached hydrogen (secondary N) is 4. The van der Waals surface area contributed by atoms with E-state index in [4.69, 9.17) is 4.98 Å². The first-order chi connectivity index (χ1) is 32.5. The van der Waals surface area contributed by atoms with E-state index in [1.165, 1.54) is 34.8 Å². The molecule has 0 saturated carbocycles. The van der Waals surface area contributed by atoms with Crippen molar-refractivity contribution in [1.29, 1.82) is 0 Å². The summed E-state index contributed by atoms with van der Waals surface area (Å²) in [6.07, 6.45) is 4.62. The number of aromatic nitrogens is 4. The van der Waals surface area contributed by atoms with E-state index in [0.29, 0.717) is 27.7 Å². The highest BCUT2D eigenvalue weighted by Gasteiger charge is 2.24. The van der Waals surface area contributed by atoms with Crippen molar-refractivity contribution in [3.63, 3.8) is 0 Å². The molecule has 1 aliphatic heterocycles. The molecule has 8 aromatic rings. The molecular formula is C52H51BrN10O2S2. The molecular weight excluding hydrogens is 941 g/mol. The molecule has 4 aromatic carbocycles. The van der Waals surface area contributed by atoms with Crippen LogP contribution in [0, 0.1) is 0 Å². The van der Waals surface area contributed by atoms with E-state index in [-0.39, 0.29) is 23.9 Å². The van der Waals surface area contributed by atoms with Crippen LogP contribution < -0.4 is 26.2 Å². The number of carbonyl (C=O) groups excluding carboxylic acids is 2. The lowest BCUT2D eigenvalue weighted by atomic mass is 10.1. The fourth-order valence-corrected chi connectivity index (χ4v) is 9.65. The number of halogens is 1. The number of carbonyl (C=O) groups is 2. The Hall–Kier alpha value is -6.78. The predicted molar refractivity (Wildman–Crippen MR) is 277 cm³/mol. The molecule has 1 aliphatic rings. The van der Waals surface area contributed by atoms with Crippen LogP contribution in [-0.2, 0) is 0 Å². The van der Waals surface area contributed by atoms with Gasteiger partial charge in [-0.3, -0.25) is 9.59 Å². The fraction of sp³-hybridized carbons (Fsp3) is 0.192. The molecule has 1 saturated heterocycles. The highest BCUT2D eigenvalue weighted by atomic mass is 79.9. The molecule has 9 rings (SSSR count). The van der Waals surface area contributed by atoms with Crippen LogP contribution in [0.2, 0.25) is 0 Å². The van der Waals surface area contributed by atoms with E-state index >= 15 is 0 Å². The summed E-state index contributed by atoms with van der Waals surface area (Å²) in [4.78, 5) is 51.4. The molecule has 0 aliphatic carbocycles. The summed E-state index contributed by atoms with van der Waals surface area (Å²) in [7, 11) is 4.29. The van der Waals surface area contributed by atoms with E-state index in [9.17, 15) is 9.59 Å². The zero-order valence-electron chi connectivity index (χ0n) is 37.6. The van der Waals surface area contributed by atoms with Gasteiger partial charge in [-0.25, -0.2) is 19.9 Å². The Balaban J connectivity index is 0.000000186. The van der Waals surface area contributed by atoms with Crippen LogP contribution >= 0.6 is 38.6 Å². The Morgan fingerprint density at radius 3 is 1.64 bits per heavy atom. The van der Waals surface area contributed by atoms with Crippen molar-refractivity contribution in [3.8, 4) is 21.1 Å². The Labute approximate surface area is 407 Å². The maximum atomic E-state index is 12.8. The number of rotatable bonds is 14. The van der Waals surface area contributed by atoms with Crippen molar-refractivity contribution in [2.24, 2.45) is 0 Å². The first-order valence-corrected chi connectivity index (χ1v) is 24.4. The van der Waals surface area contributed by atoms with Crippen molar-refractivity contribution >= 4 is 79.4 Å². The number of amides is 2. The Kier molecular flexibility index (Phi) is 15.4. The van der Waals surface area contributed by atoms with Gasteiger partial charge in [-0.15, -0.1) is 22.7 Å². The molecule has 12 nitrogen and oxygen atoms in total. The summed E-state index contributed by atoms with van der Waals surface area (Å²) >= 11 is 6.30. The maximum Gasteiger partial charge on any atom is 0.261 e. The quantitative estimate of drug-likeness (QED) is 0.0832. The standard InChI is InChI=1S/C29H32N6OS.C23H19BrN4OS/c1-20(21-8-5-4-6-9-21)31-28(36)27-13-12-26(37-27)25-14-16-30-29(33-25)32-22-10-7-11-23(18-22)35-17-15-24(19-35)34(2)3;1-15(16-6-3-2-4-7-16)26-22(29)21-11-10-20(30-21)19-12-13-25-23(28-19)27-18-9-5-8-17(24)14-18/h4-14,16,18,20,24H,15,17,19H2,1-3H3,(H,31,36)(H,30,32,33);2-15H,1H3,(H,26,29)(H,25,27,28)/t20-,24?;15-/m11/s1. The van der Waals surface area contributed by atoms with Crippen LogP contribution in [0.5, 0.6) is 0 Å². The lowest BCUT2D eigenvalue weighted by molar-refractivity contribution is 0.0935. The summed E-state index contributed by atoms with van der Waals surface area (Å²) < 4.78 is 0.974.